The molecule has 3 heterocycles. The van der Waals surface area contributed by atoms with Crippen molar-refractivity contribution in [2.24, 2.45) is 0 Å². The summed E-state index contributed by atoms with van der Waals surface area (Å²) in [5, 5.41) is 0. The summed E-state index contributed by atoms with van der Waals surface area (Å²) in [5.74, 6) is 1.51. The van der Waals surface area contributed by atoms with Crippen molar-refractivity contribution >= 4 is 11.9 Å². The second-order valence-electron chi connectivity index (χ2n) is 8.19. The van der Waals surface area contributed by atoms with Crippen LogP contribution in [0.4, 0.5) is 4.79 Å². The van der Waals surface area contributed by atoms with Crippen molar-refractivity contribution in [1.82, 2.24) is 14.7 Å². The summed E-state index contributed by atoms with van der Waals surface area (Å²) in [6.07, 6.45) is 1.27. The summed E-state index contributed by atoms with van der Waals surface area (Å²) in [6.45, 7) is 7.19. The third-order valence-corrected chi connectivity index (χ3v) is 6.13. The number of urea groups is 1. The van der Waals surface area contributed by atoms with E-state index in [1.807, 2.05) is 32.0 Å². The number of likely N-dealkylation sites (tertiary alicyclic amines) is 1. The van der Waals surface area contributed by atoms with Crippen LogP contribution in [0.25, 0.3) is 0 Å². The van der Waals surface area contributed by atoms with E-state index < -0.39 is 5.54 Å². The minimum atomic E-state index is -0.745. The Labute approximate surface area is 171 Å². The van der Waals surface area contributed by atoms with Gasteiger partial charge in [-0.25, -0.2) is 4.79 Å². The first-order valence-corrected chi connectivity index (χ1v) is 10.2. The lowest BCUT2D eigenvalue weighted by Crippen LogP contribution is -2.57. The quantitative estimate of drug-likeness (QED) is 0.677. The number of fused-ring (bicyclic) bond motifs is 1. The number of ether oxygens (including phenoxy) is 3. The number of hydrogen-bond donors (Lipinski definition) is 0. The van der Waals surface area contributed by atoms with E-state index in [9.17, 15) is 9.59 Å². The minimum absolute atomic E-state index is 0.0590. The summed E-state index contributed by atoms with van der Waals surface area (Å²) >= 11 is 0. The van der Waals surface area contributed by atoms with Gasteiger partial charge in [0.1, 0.15) is 5.54 Å². The highest BCUT2D eigenvalue weighted by atomic mass is 16.7. The number of methoxy groups -OCH3 is 1. The molecule has 0 bridgehead atoms. The maximum Gasteiger partial charge on any atom is 0.327 e. The van der Waals surface area contributed by atoms with Crippen molar-refractivity contribution in [1.29, 1.82) is 0 Å². The zero-order valence-electron chi connectivity index (χ0n) is 17.3. The first-order chi connectivity index (χ1) is 14.0. The molecule has 4 rings (SSSR count). The predicted octanol–water partition coefficient (Wildman–Crippen LogP) is 2.07. The van der Waals surface area contributed by atoms with Crippen LogP contribution in [0.1, 0.15) is 32.3 Å². The van der Waals surface area contributed by atoms with Gasteiger partial charge in [0.15, 0.2) is 11.5 Å². The highest BCUT2D eigenvalue weighted by molar-refractivity contribution is 6.07. The van der Waals surface area contributed by atoms with Crippen LogP contribution in [0.5, 0.6) is 11.5 Å². The molecule has 0 radical (unpaired) electrons. The smallest absolute Gasteiger partial charge is 0.327 e. The molecule has 3 amide bonds. The SMILES string of the molecule is COCCN1C(=O)N(C(C)C)C(=O)C12CCN(Cc1ccc3c(c1)OCO3)CC2. The topological polar surface area (TPSA) is 71.6 Å². The fraction of sp³-hybridized carbons (Fsp3) is 0.619. The summed E-state index contributed by atoms with van der Waals surface area (Å²) in [5.41, 5.74) is 0.407. The van der Waals surface area contributed by atoms with Gasteiger partial charge in [-0.05, 0) is 44.4 Å². The first-order valence-electron chi connectivity index (χ1n) is 10.2. The fourth-order valence-corrected chi connectivity index (χ4v) is 4.55. The molecule has 158 valence electrons. The Kier molecular flexibility index (Phi) is 5.40. The lowest BCUT2D eigenvalue weighted by atomic mass is 9.85. The molecule has 29 heavy (non-hydrogen) atoms. The van der Waals surface area contributed by atoms with Crippen LogP contribution >= 0.6 is 0 Å². The van der Waals surface area contributed by atoms with Gasteiger partial charge in [0.25, 0.3) is 5.91 Å². The largest absolute Gasteiger partial charge is 0.454 e. The minimum Gasteiger partial charge on any atom is -0.454 e. The Bertz CT molecular complexity index is 789. The van der Waals surface area contributed by atoms with E-state index in [0.717, 1.165) is 36.7 Å². The number of hydrogen-bond acceptors (Lipinski definition) is 6. The van der Waals surface area contributed by atoms with Crippen molar-refractivity contribution in [3.63, 3.8) is 0 Å². The second kappa shape index (κ2) is 7.84. The summed E-state index contributed by atoms with van der Waals surface area (Å²) in [7, 11) is 1.61. The Hall–Kier alpha value is -2.32. The normalized spacial score (nSPS) is 21.1. The number of amides is 3. The highest BCUT2D eigenvalue weighted by Gasteiger charge is 2.58. The van der Waals surface area contributed by atoms with Crippen LogP contribution < -0.4 is 9.47 Å². The maximum atomic E-state index is 13.3. The Morgan fingerprint density at radius 2 is 1.86 bits per heavy atom. The Morgan fingerprint density at radius 1 is 1.14 bits per heavy atom. The van der Waals surface area contributed by atoms with Crippen LogP contribution in [0.2, 0.25) is 0 Å². The molecule has 8 nitrogen and oxygen atoms in total. The lowest BCUT2D eigenvalue weighted by Gasteiger charge is -2.42. The molecule has 1 aromatic rings. The molecule has 2 saturated heterocycles. The monoisotopic (exact) mass is 403 g/mol. The van der Waals surface area contributed by atoms with Crippen LogP contribution in [0, 0.1) is 0 Å². The van der Waals surface area contributed by atoms with E-state index in [-0.39, 0.29) is 24.8 Å². The molecule has 1 spiro atoms. The zero-order chi connectivity index (χ0) is 20.6. The highest BCUT2D eigenvalue weighted by Crippen LogP contribution is 2.39. The Balaban J connectivity index is 1.47. The van der Waals surface area contributed by atoms with Crippen molar-refractivity contribution in [2.45, 2.75) is 44.8 Å². The molecule has 8 heteroatoms. The van der Waals surface area contributed by atoms with Crippen molar-refractivity contribution in [3.8, 4) is 11.5 Å². The van der Waals surface area contributed by atoms with E-state index >= 15 is 0 Å². The van der Waals surface area contributed by atoms with Crippen molar-refractivity contribution in [2.75, 3.05) is 40.1 Å². The van der Waals surface area contributed by atoms with Crippen molar-refractivity contribution < 1.29 is 23.8 Å². The fourth-order valence-electron chi connectivity index (χ4n) is 4.55. The van der Waals surface area contributed by atoms with Gasteiger partial charge in [0.05, 0.1) is 6.61 Å². The van der Waals surface area contributed by atoms with Gasteiger partial charge < -0.3 is 19.1 Å². The molecule has 3 aliphatic rings. The molecule has 1 aromatic carbocycles. The maximum absolute atomic E-state index is 13.3. The number of benzene rings is 1. The zero-order valence-corrected chi connectivity index (χ0v) is 17.3. The molecule has 2 fully saturated rings. The van der Waals surface area contributed by atoms with E-state index in [1.165, 1.54) is 4.90 Å². The first kappa shape index (κ1) is 20.0. The van der Waals surface area contributed by atoms with Crippen LogP contribution in [-0.2, 0) is 16.1 Å². The molecule has 0 aromatic heterocycles. The lowest BCUT2D eigenvalue weighted by molar-refractivity contribution is -0.136. The third kappa shape index (κ3) is 3.44. The number of imide groups is 1. The molecular formula is C21H29N3O5. The Morgan fingerprint density at radius 3 is 2.55 bits per heavy atom. The van der Waals surface area contributed by atoms with Gasteiger partial charge in [-0.1, -0.05) is 6.07 Å². The van der Waals surface area contributed by atoms with E-state index in [0.29, 0.717) is 26.0 Å². The van der Waals surface area contributed by atoms with Gasteiger partial charge in [-0.2, -0.15) is 0 Å². The number of piperidine rings is 1. The molecule has 0 saturated carbocycles. The van der Waals surface area contributed by atoms with Gasteiger partial charge in [0.2, 0.25) is 6.79 Å². The van der Waals surface area contributed by atoms with Gasteiger partial charge in [-0.15, -0.1) is 0 Å². The predicted molar refractivity (Wildman–Crippen MR) is 106 cm³/mol. The number of nitrogens with zero attached hydrogens (tertiary/aromatic N) is 3. The molecular weight excluding hydrogens is 374 g/mol. The second-order valence-corrected chi connectivity index (χ2v) is 8.19. The number of rotatable bonds is 6. The van der Waals surface area contributed by atoms with Crippen LogP contribution in [-0.4, -0.2) is 78.4 Å². The summed E-state index contributed by atoms with van der Waals surface area (Å²) in [4.78, 5) is 31.7. The van der Waals surface area contributed by atoms with Gasteiger partial charge >= 0.3 is 6.03 Å². The molecule has 0 N–H and O–H groups in total. The average Bonchev–Trinajstić information content (AvgIpc) is 3.24. The number of carbonyl (C=O) groups excluding carboxylic acids is 2. The number of carbonyl (C=O) groups is 2. The standard InChI is InChI=1S/C21H29N3O5/c1-15(2)24-19(25)21(23(20(24)26)10-11-27-3)6-8-22(9-7-21)13-16-4-5-17-18(12-16)29-14-28-17/h4-5,12,15H,6-11,13-14H2,1-3H3. The third-order valence-electron chi connectivity index (χ3n) is 6.13. The molecule has 0 atom stereocenters. The molecule has 0 aliphatic carbocycles. The van der Waals surface area contributed by atoms with Crippen molar-refractivity contribution in [3.05, 3.63) is 23.8 Å². The van der Waals surface area contributed by atoms with E-state index in [1.54, 1.807) is 12.0 Å². The molecule has 0 unspecified atom stereocenters. The van der Waals surface area contributed by atoms with Gasteiger partial charge in [0, 0.05) is 39.3 Å². The van der Waals surface area contributed by atoms with E-state index in [4.69, 9.17) is 14.2 Å². The van der Waals surface area contributed by atoms with Crippen LogP contribution in [0.3, 0.4) is 0 Å². The summed E-state index contributed by atoms with van der Waals surface area (Å²) in [6, 6.07) is 5.67. The average molecular weight is 403 g/mol. The van der Waals surface area contributed by atoms with Crippen LogP contribution in [0.15, 0.2) is 18.2 Å². The summed E-state index contributed by atoms with van der Waals surface area (Å²) < 4.78 is 16.0. The molecule has 3 aliphatic heterocycles. The van der Waals surface area contributed by atoms with E-state index in [2.05, 4.69) is 4.90 Å². The van der Waals surface area contributed by atoms with Gasteiger partial charge in [-0.3, -0.25) is 14.6 Å².